The maximum absolute atomic E-state index is 12.1. The number of aromatic amines is 1. The van der Waals surface area contributed by atoms with Gasteiger partial charge in [-0.25, -0.2) is 0 Å². The van der Waals surface area contributed by atoms with Crippen LogP contribution < -0.4 is 5.32 Å². The second kappa shape index (κ2) is 4.16. The molecule has 0 radical (unpaired) electrons. The van der Waals surface area contributed by atoms with Crippen molar-refractivity contribution in [3.8, 4) is 0 Å². The molecule has 1 aliphatic carbocycles. The normalized spacial score (nSPS) is 16.7. The number of aromatic nitrogens is 1. The van der Waals surface area contributed by atoms with E-state index in [-0.39, 0.29) is 5.91 Å². The van der Waals surface area contributed by atoms with Crippen LogP contribution >= 0.6 is 0 Å². The molecule has 0 aliphatic heterocycles. The zero-order valence-electron chi connectivity index (χ0n) is 10.6. The molecule has 1 amide bonds. The van der Waals surface area contributed by atoms with Crippen LogP contribution in [-0.4, -0.2) is 17.4 Å². The van der Waals surface area contributed by atoms with Crippen LogP contribution in [0.4, 0.5) is 0 Å². The zero-order valence-corrected chi connectivity index (χ0v) is 10.6. The highest BCUT2D eigenvalue weighted by Gasteiger charge is 2.40. The van der Waals surface area contributed by atoms with Crippen molar-refractivity contribution in [2.24, 2.45) is 5.41 Å². The van der Waals surface area contributed by atoms with Crippen LogP contribution in [0.15, 0.2) is 30.5 Å². The molecule has 0 bridgehead atoms. The van der Waals surface area contributed by atoms with Gasteiger partial charge in [0.15, 0.2) is 0 Å². The minimum absolute atomic E-state index is 0.0397. The van der Waals surface area contributed by atoms with Crippen molar-refractivity contribution in [3.05, 3.63) is 36.0 Å². The molecule has 1 aromatic carbocycles. The first kappa shape index (κ1) is 11.3. The van der Waals surface area contributed by atoms with Crippen molar-refractivity contribution < 1.29 is 4.79 Å². The molecule has 1 aromatic heterocycles. The summed E-state index contributed by atoms with van der Waals surface area (Å²) in [6.45, 7) is 3.01. The Bertz CT molecular complexity index is 581. The Morgan fingerprint density at radius 2 is 2.22 bits per heavy atom. The maximum atomic E-state index is 12.1. The van der Waals surface area contributed by atoms with E-state index in [1.54, 1.807) is 0 Å². The largest absolute Gasteiger partial charge is 0.361 e. The topological polar surface area (TPSA) is 44.9 Å². The third-order valence-electron chi connectivity index (χ3n) is 4.15. The first-order chi connectivity index (χ1) is 8.72. The van der Waals surface area contributed by atoms with Crippen molar-refractivity contribution in [2.75, 3.05) is 6.54 Å². The van der Waals surface area contributed by atoms with Gasteiger partial charge in [0.2, 0.25) is 0 Å². The third kappa shape index (κ3) is 2.01. The van der Waals surface area contributed by atoms with Crippen LogP contribution in [0.5, 0.6) is 0 Å². The van der Waals surface area contributed by atoms with Crippen molar-refractivity contribution in [1.29, 1.82) is 0 Å². The molecule has 1 heterocycles. The molecule has 3 heteroatoms. The number of carbonyl (C=O) groups excluding carboxylic acids is 1. The highest BCUT2D eigenvalue weighted by atomic mass is 16.1. The number of amides is 1. The van der Waals surface area contributed by atoms with E-state index in [4.69, 9.17) is 0 Å². The van der Waals surface area contributed by atoms with Crippen molar-refractivity contribution in [3.63, 3.8) is 0 Å². The van der Waals surface area contributed by atoms with E-state index in [0.717, 1.165) is 29.4 Å². The Morgan fingerprint density at radius 3 is 2.94 bits per heavy atom. The Balaban J connectivity index is 1.71. The summed E-state index contributed by atoms with van der Waals surface area (Å²) in [4.78, 5) is 15.2. The minimum Gasteiger partial charge on any atom is -0.361 e. The van der Waals surface area contributed by atoms with Gasteiger partial charge in [-0.15, -0.1) is 0 Å². The molecule has 0 unspecified atom stereocenters. The SMILES string of the molecule is CCC1(CNC(=O)c2ccc3[nH]ccc3c2)CC1. The molecule has 0 atom stereocenters. The van der Waals surface area contributed by atoms with E-state index in [0.29, 0.717) is 5.41 Å². The van der Waals surface area contributed by atoms with Crippen LogP contribution in [0.1, 0.15) is 36.5 Å². The molecule has 1 fully saturated rings. The molecule has 0 saturated heterocycles. The number of H-pyrrole nitrogens is 1. The lowest BCUT2D eigenvalue weighted by Gasteiger charge is -2.13. The van der Waals surface area contributed by atoms with Gasteiger partial charge in [-0.1, -0.05) is 6.92 Å². The standard InChI is InChI=1S/C15H18N2O/c1-2-15(6-7-15)10-17-14(18)12-3-4-13-11(9-12)5-8-16-13/h3-5,8-9,16H,2,6-7,10H2,1H3,(H,17,18). The summed E-state index contributed by atoms with van der Waals surface area (Å²) in [5.41, 5.74) is 2.21. The van der Waals surface area contributed by atoms with E-state index in [1.807, 2.05) is 30.5 Å². The van der Waals surface area contributed by atoms with Gasteiger partial charge in [0, 0.05) is 29.2 Å². The molecule has 2 N–H and O–H groups in total. The van der Waals surface area contributed by atoms with Gasteiger partial charge < -0.3 is 10.3 Å². The van der Waals surface area contributed by atoms with Crippen LogP contribution in [0, 0.1) is 5.41 Å². The summed E-state index contributed by atoms with van der Waals surface area (Å²) in [6, 6.07) is 7.75. The molecule has 18 heavy (non-hydrogen) atoms. The molecule has 94 valence electrons. The van der Waals surface area contributed by atoms with Gasteiger partial charge in [-0.05, 0) is 48.9 Å². The molecule has 2 aromatic rings. The number of carbonyl (C=O) groups is 1. The van der Waals surface area contributed by atoms with Gasteiger partial charge in [0.1, 0.15) is 0 Å². The smallest absolute Gasteiger partial charge is 0.251 e. The molecular formula is C15H18N2O. The number of hydrogen-bond acceptors (Lipinski definition) is 1. The lowest BCUT2D eigenvalue weighted by molar-refractivity contribution is 0.0944. The second-order valence-corrected chi connectivity index (χ2v) is 5.32. The molecule has 0 spiro atoms. The number of nitrogens with one attached hydrogen (secondary N) is 2. The number of benzene rings is 1. The van der Waals surface area contributed by atoms with Gasteiger partial charge in [0.25, 0.3) is 5.91 Å². The summed E-state index contributed by atoms with van der Waals surface area (Å²) in [5, 5.41) is 4.14. The zero-order chi connectivity index (χ0) is 12.6. The summed E-state index contributed by atoms with van der Waals surface area (Å²) >= 11 is 0. The van der Waals surface area contributed by atoms with Crippen molar-refractivity contribution >= 4 is 16.8 Å². The Labute approximate surface area is 107 Å². The maximum Gasteiger partial charge on any atom is 0.251 e. The quantitative estimate of drug-likeness (QED) is 0.850. The van der Waals surface area contributed by atoms with Crippen LogP contribution in [0.25, 0.3) is 10.9 Å². The lowest BCUT2D eigenvalue weighted by Crippen LogP contribution is -2.29. The fourth-order valence-corrected chi connectivity index (χ4v) is 2.40. The van der Waals surface area contributed by atoms with Gasteiger partial charge in [-0.3, -0.25) is 4.79 Å². The van der Waals surface area contributed by atoms with Crippen LogP contribution in [0.3, 0.4) is 0 Å². The summed E-state index contributed by atoms with van der Waals surface area (Å²) in [7, 11) is 0. The first-order valence-corrected chi connectivity index (χ1v) is 6.58. The summed E-state index contributed by atoms with van der Waals surface area (Å²) in [5.74, 6) is 0.0397. The Kier molecular flexibility index (Phi) is 2.62. The molecule has 1 aliphatic rings. The monoisotopic (exact) mass is 242 g/mol. The number of rotatable bonds is 4. The van der Waals surface area contributed by atoms with E-state index in [2.05, 4.69) is 17.2 Å². The van der Waals surface area contributed by atoms with Crippen LogP contribution in [-0.2, 0) is 0 Å². The summed E-state index contributed by atoms with van der Waals surface area (Å²) in [6.07, 6.45) is 5.55. The average molecular weight is 242 g/mol. The number of fused-ring (bicyclic) bond motifs is 1. The van der Waals surface area contributed by atoms with Gasteiger partial charge >= 0.3 is 0 Å². The predicted molar refractivity (Wildman–Crippen MR) is 72.6 cm³/mol. The van der Waals surface area contributed by atoms with Crippen molar-refractivity contribution in [1.82, 2.24) is 10.3 Å². The molecular weight excluding hydrogens is 224 g/mol. The van der Waals surface area contributed by atoms with Gasteiger partial charge in [-0.2, -0.15) is 0 Å². The Morgan fingerprint density at radius 1 is 1.39 bits per heavy atom. The van der Waals surface area contributed by atoms with E-state index < -0.39 is 0 Å². The highest BCUT2D eigenvalue weighted by Crippen LogP contribution is 2.47. The summed E-state index contributed by atoms with van der Waals surface area (Å²) < 4.78 is 0. The minimum atomic E-state index is 0.0397. The molecule has 1 saturated carbocycles. The van der Waals surface area contributed by atoms with E-state index in [9.17, 15) is 4.79 Å². The third-order valence-corrected chi connectivity index (χ3v) is 4.15. The number of hydrogen-bond donors (Lipinski definition) is 2. The predicted octanol–water partition coefficient (Wildman–Crippen LogP) is 3.09. The lowest BCUT2D eigenvalue weighted by atomic mass is 10.0. The van der Waals surface area contributed by atoms with Crippen molar-refractivity contribution in [2.45, 2.75) is 26.2 Å². The fraction of sp³-hybridized carbons (Fsp3) is 0.400. The molecule has 3 nitrogen and oxygen atoms in total. The highest BCUT2D eigenvalue weighted by molar-refractivity contribution is 5.98. The van der Waals surface area contributed by atoms with Gasteiger partial charge in [0.05, 0.1) is 0 Å². The fourth-order valence-electron chi connectivity index (χ4n) is 2.40. The van der Waals surface area contributed by atoms with E-state index in [1.165, 1.54) is 12.8 Å². The Hall–Kier alpha value is -1.77. The average Bonchev–Trinajstić information content (AvgIpc) is 3.04. The second-order valence-electron chi connectivity index (χ2n) is 5.32. The molecule has 3 rings (SSSR count). The van der Waals surface area contributed by atoms with Crippen LogP contribution in [0.2, 0.25) is 0 Å². The first-order valence-electron chi connectivity index (χ1n) is 6.58. The van der Waals surface area contributed by atoms with E-state index >= 15 is 0 Å².